The molecule has 0 saturated heterocycles. The van der Waals surface area contributed by atoms with Gasteiger partial charge in [-0.1, -0.05) is 36.4 Å². The normalized spacial score (nSPS) is 14.4. The fourth-order valence-corrected chi connectivity index (χ4v) is 4.35. The van der Waals surface area contributed by atoms with Gasteiger partial charge in [0.2, 0.25) is 5.91 Å². The minimum atomic E-state index is -0.222. The van der Waals surface area contributed by atoms with E-state index in [1.807, 2.05) is 35.4 Å². The van der Waals surface area contributed by atoms with Crippen LogP contribution in [-0.2, 0) is 10.5 Å². The average molecular weight is 380 g/mol. The fraction of sp³-hybridized carbons (Fsp3) is 0.227. The number of hydrogen-bond donors (Lipinski definition) is 1. The number of benzene rings is 2. The van der Waals surface area contributed by atoms with Crippen molar-refractivity contribution in [2.24, 2.45) is 0 Å². The summed E-state index contributed by atoms with van der Waals surface area (Å²) in [5.41, 5.74) is 4.39. The predicted octanol–water partition coefficient (Wildman–Crippen LogP) is 4.86. The molecule has 0 bridgehead atoms. The summed E-state index contributed by atoms with van der Waals surface area (Å²) in [5, 5.41) is 1.22. The first-order chi connectivity index (χ1) is 13.2. The largest absolute Gasteiger partial charge is 0.361 e. The number of aromatic nitrogens is 1. The maximum atomic E-state index is 13.4. The SMILES string of the molecule is O=C(CSCc1c[nH]c2ccccc12)N1CC=C(c2cccc(F)c2)CC1. The van der Waals surface area contributed by atoms with Crippen molar-refractivity contribution in [3.63, 3.8) is 0 Å². The van der Waals surface area contributed by atoms with E-state index in [0.717, 1.165) is 28.8 Å². The van der Waals surface area contributed by atoms with Crippen molar-refractivity contribution in [2.75, 3.05) is 18.8 Å². The van der Waals surface area contributed by atoms with E-state index >= 15 is 0 Å². The number of hydrogen-bond acceptors (Lipinski definition) is 2. The molecule has 1 N–H and O–H groups in total. The third kappa shape index (κ3) is 4.08. The summed E-state index contributed by atoms with van der Waals surface area (Å²) in [6.45, 7) is 1.28. The molecule has 5 heteroatoms. The van der Waals surface area contributed by atoms with Crippen molar-refractivity contribution in [1.29, 1.82) is 0 Å². The summed E-state index contributed by atoms with van der Waals surface area (Å²) in [5.74, 6) is 1.23. The highest BCUT2D eigenvalue weighted by atomic mass is 32.2. The summed E-state index contributed by atoms with van der Waals surface area (Å²) in [6, 6.07) is 14.9. The third-order valence-electron chi connectivity index (χ3n) is 4.92. The van der Waals surface area contributed by atoms with Crippen LogP contribution in [0.3, 0.4) is 0 Å². The Labute approximate surface area is 162 Å². The van der Waals surface area contributed by atoms with Gasteiger partial charge in [-0.25, -0.2) is 4.39 Å². The number of thioether (sulfide) groups is 1. The van der Waals surface area contributed by atoms with Crippen molar-refractivity contribution in [3.05, 3.63) is 77.7 Å². The second-order valence-corrected chi connectivity index (χ2v) is 7.67. The Morgan fingerprint density at radius 3 is 2.89 bits per heavy atom. The third-order valence-corrected chi connectivity index (χ3v) is 5.88. The van der Waals surface area contributed by atoms with Crippen LogP contribution in [0.15, 0.2) is 60.8 Å². The highest BCUT2D eigenvalue weighted by Crippen LogP contribution is 2.25. The number of aromatic amines is 1. The highest BCUT2D eigenvalue weighted by molar-refractivity contribution is 7.99. The molecule has 2 heterocycles. The molecule has 0 fully saturated rings. The molecular formula is C22H21FN2OS. The van der Waals surface area contributed by atoms with Gasteiger partial charge in [0.05, 0.1) is 5.75 Å². The average Bonchev–Trinajstić information content (AvgIpc) is 3.11. The van der Waals surface area contributed by atoms with Crippen LogP contribution >= 0.6 is 11.8 Å². The minimum absolute atomic E-state index is 0.161. The monoisotopic (exact) mass is 380 g/mol. The molecule has 138 valence electrons. The van der Waals surface area contributed by atoms with Gasteiger partial charge in [0.25, 0.3) is 0 Å². The van der Waals surface area contributed by atoms with Gasteiger partial charge in [-0.2, -0.15) is 0 Å². The van der Waals surface area contributed by atoms with Gasteiger partial charge < -0.3 is 9.88 Å². The molecule has 1 aliphatic rings. The Morgan fingerprint density at radius 1 is 1.19 bits per heavy atom. The lowest BCUT2D eigenvalue weighted by Gasteiger charge is -2.26. The zero-order valence-corrected chi connectivity index (χ0v) is 15.8. The Balaban J connectivity index is 1.31. The zero-order valence-electron chi connectivity index (χ0n) is 15.0. The summed E-state index contributed by atoms with van der Waals surface area (Å²) in [6.07, 6.45) is 4.83. The maximum absolute atomic E-state index is 13.4. The van der Waals surface area contributed by atoms with Crippen LogP contribution in [0.5, 0.6) is 0 Å². The number of para-hydroxylation sites is 1. The van der Waals surface area contributed by atoms with E-state index in [0.29, 0.717) is 18.8 Å². The van der Waals surface area contributed by atoms with Crippen molar-refractivity contribution >= 4 is 34.1 Å². The summed E-state index contributed by atoms with van der Waals surface area (Å²) < 4.78 is 13.4. The summed E-state index contributed by atoms with van der Waals surface area (Å²) >= 11 is 1.65. The second kappa shape index (κ2) is 8.01. The molecule has 0 saturated carbocycles. The minimum Gasteiger partial charge on any atom is -0.361 e. The van der Waals surface area contributed by atoms with E-state index in [9.17, 15) is 9.18 Å². The molecular weight excluding hydrogens is 359 g/mol. The van der Waals surface area contributed by atoms with E-state index in [1.165, 1.54) is 17.0 Å². The van der Waals surface area contributed by atoms with Gasteiger partial charge in [-0.3, -0.25) is 4.79 Å². The Hall–Kier alpha value is -2.53. The van der Waals surface area contributed by atoms with Crippen LogP contribution in [0.25, 0.3) is 16.5 Å². The van der Waals surface area contributed by atoms with Gasteiger partial charge >= 0.3 is 0 Å². The molecule has 0 unspecified atom stereocenters. The molecule has 0 atom stereocenters. The van der Waals surface area contributed by atoms with Gasteiger partial charge in [0.1, 0.15) is 5.82 Å². The van der Waals surface area contributed by atoms with Crippen LogP contribution in [0.1, 0.15) is 17.5 Å². The number of carbonyl (C=O) groups is 1. The van der Waals surface area contributed by atoms with E-state index in [4.69, 9.17) is 0 Å². The summed E-state index contributed by atoms with van der Waals surface area (Å²) in [7, 11) is 0. The molecule has 0 spiro atoms. The molecule has 4 rings (SSSR count). The van der Waals surface area contributed by atoms with E-state index < -0.39 is 0 Å². The Kier molecular flexibility index (Phi) is 5.30. The molecule has 1 aromatic heterocycles. The second-order valence-electron chi connectivity index (χ2n) is 6.68. The Morgan fingerprint density at radius 2 is 2.07 bits per heavy atom. The predicted molar refractivity (Wildman–Crippen MR) is 110 cm³/mol. The lowest BCUT2D eigenvalue weighted by molar-refractivity contribution is -0.127. The van der Waals surface area contributed by atoms with Crippen molar-refractivity contribution in [1.82, 2.24) is 9.88 Å². The number of nitrogens with one attached hydrogen (secondary N) is 1. The smallest absolute Gasteiger partial charge is 0.232 e. The first-order valence-electron chi connectivity index (χ1n) is 9.06. The number of H-pyrrole nitrogens is 1. The zero-order chi connectivity index (χ0) is 18.6. The number of amides is 1. The van der Waals surface area contributed by atoms with Crippen molar-refractivity contribution < 1.29 is 9.18 Å². The van der Waals surface area contributed by atoms with Gasteiger partial charge in [-0.05, 0) is 41.3 Å². The van der Waals surface area contributed by atoms with Crippen LogP contribution < -0.4 is 0 Å². The lowest BCUT2D eigenvalue weighted by atomic mass is 9.99. The molecule has 2 aromatic carbocycles. The topological polar surface area (TPSA) is 36.1 Å². The molecule has 0 aliphatic carbocycles. The maximum Gasteiger partial charge on any atom is 0.232 e. The fourth-order valence-electron chi connectivity index (χ4n) is 3.44. The number of fused-ring (bicyclic) bond motifs is 1. The first-order valence-corrected chi connectivity index (χ1v) is 10.2. The molecule has 1 amide bonds. The molecule has 3 aromatic rings. The first kappa shape index (κ1) is 17.9. The standard InChI is InChI=1S/C22H21FN2OS/c23-19-5-3-4-17(12-19)16-8-10-25(11-9-16)22(26)15-27-14-18-13-24-21-7-2-1-6-20(18)21/h1-8,12-13,24H,9-11,14-15H2. The molecule has 27 heavy (non-hydrogen) atoms. The van der Waals surface area contributed by atoms with Crippen molar-refractivity contribution in [3.8, 4) is 0 Å². The molecule has 1 aliphatic heterocycles. The van der Waals surface area contributed by atoms with E-state index in [-0.39, 0.29) is 11.7 Å². The van der Waals surface area contributed by atoms with Crippen LogP contribution in [-0.4, -0.2) is 34.6 Å². The van der Waals surface area contributed by atoms with E-state index in [1.54, 1.807) is 23.9 Å². The lowest BCUT2D eigenvalue weighted by Crippen LogP contribution is -2.35. The molecule has 0 radical (unpaired) electrons. The quantitative estimate of drug-likeness (QED) is 0.686. The molecule has 3 nitrogen and oxygen atoms in total. The van der Waals surface area contributed by atoms with Crippen LogP contribution in [0, 0.1) is 5.82 Å². The number of halogens is 1. The highest BCUT2D eigenvalue weighted by Gasteiger charge is 2.18. The van der Waals surface area contributed by atoms with Gasteiger partial charge in [0, 0.05) is 35.9 Å². The Bertz CT molecular complexity index is 995. The number of nitrogens with zero attached hydrogens (tertiary/aromatic N) is 1. The van der Waals surface area contributed by atoms with Crippen LogP contribution in [0.2, 0.25) is 0 Å². The number of carbonyl (C=O) groups excluding carboxylic acids is 1. The summed E-state index contributed by atoms with van der Waals surface area (Å²) in [4.78, 5) is 17.6. The van der Waals surface area contributed by atoms with Gasteiger partial charge in [-0.15, -0.1) is 11.8 Å². The van der Waals surface area contributed by atoms with E-state index in [2.05, 4.69) is 17.1 Å². The van der Waals surface area contributed by atoms with Crippen molar-refractivity contribution in [2.45, 2.75) is 12.2 Å². The van der Waals surface area contributed by atoms with Crippen LogP contribution in [0.4, 0.5) is 4.39 Å². The number of rotatable bonds is 5. The van der Waals surface area contributed by atoms with Gasteiger partial charge in [0.15, 0.2) is 0 Å².